The minimum absolute atomic E-state index is 0.0556. The van der Waals surface area contributed by atoms with E-state index in [0.717, 1.165) is 46.0 Å². The normalized spacial score (nSPS) is 16.0. The Morgan fingerprint density at radius 2 is 1.69 bits per heavy atom. The summed E-state index contributed by atoms with van der Waals surface area (Å²) in [7, 11) is 0. The van der Waals surface area contributed by atoms with Gasteiger partial charge in [0.2, 0.25) is 5.78 Å². The standard InChI is InChI=1S/C29H30N4OS2/c1-29(2,3)21-14-15-22-23(16-21)36-26-24(22)25(34)32(17-19-10-6-4-7-11-19)27-30-31-28(33(26)27)35-18-20-12-8-5-9-13-20/h4-13,21H,14-18H2,1-3H3. The first kappa shape index (κ1) is 23.5. The molecule has 1 aliphatic rings. The van der Waals surface area contributed by atoms with Crippen molar-refractivity contribution in [1.82, 2.24) is 19.2 Å². The molecule has 0 radical (unpaired) electrons. The van der Waals surface area contributed by atoms with Gasteiger partial charge in [-0.3, -0.25) is 9.36 Å². The largest absolute Gasteiger partial charge is 0.272 e. The molecule has 5 nitrogen and oxygen atoms in total. The van der Waals surface area contributed by atoms with Gasteiger partial charge in [-0.2, -0.15) is 0 Å². The zero-order chi connectivity index (χ0) is 24.9. The van der Waals surface area contributed by atoms with Crippen LogP contribution < -0.4 is 5.56 Å². The maximum Gasteiger partial charge on any atom is 0.264 e. The number of rotatable bonds is 5. The summed E-state index contributed by atoms with van der Waals surface area (Å²) in [5.74, 6) is 2.05. The molecule has 1 atom stereocenters. The molecule has 6 rings (SSSR count). The Morgan fingerprint density at radius 3 is 2.39 bits per heavy atom. The van der Waals surface area contributed by atoms with E-state index in [0.29, 0.717) is 18.2 Å². The molecule has 5 aromatic rings. The van der Waals surface area contributed by atoms with Crippen LogP contribution in [0.15, 0.2) is 70.6 Å². The Balaban J connectivity index is 1.53. The van der Waals surface area contributed by atoms with Gasteiger partial charge in [-0.1, -0.05) is 93.2 Å². The Kier molecular flexibility index (Phi) is 6.00. The first-order valence-electron chi connectivity index (χ1n) is 12.5. The number of thiophene rings is 1. The van der Waals surface area contributed by atoms with Crippen molar-refractivity contribution in [2.24, 2.45) is 11.3 Å². The quantitative estimate of drug-likeness (QED) is 0.248. The molecule has 0 N–H and O–H groups in total. The highest BCUT2D eigenvalue weighted by Crippen LogP contribution is 2.43. The maximum absolute atomic E-state index is 14.0. The van der Waals surface area contributed by atoms with Crippen molar-refractivity contribution >= 4 is 39.1 Å². The van der Waals surface area contributed by atoms with E-state index in [-0.39, 0.29) is 11.0 Å². The second-order valence-electron chi connectivity index (χ2n) is 10.8. The van der Waals surface area contributed by atoms with Crippen molar-refractivity contribution in [2.45, 2.75) is 57.5 Å². The summed E-state index contributed by atoms with van der Waals surface area (Å²) < 4.78 is 3.96. The van der Waals surface area contributed by atoms with Crippen LogP contribution in [-0.4, -0.2) is 19.2 Å². The summed E-state index contributed by atoms with van der Waals surface area (Å²) in [4.78, 5) is 16.4. The fraction of sp³-hybridized carbons (Fsp3) is 0.345. The summed E-state index contributed by atoms with van der Waals surface area (Å²) in [5.41, 5.74) is 3.88. The minimum Gasteiger partial charge on any atom is -0.272 e. The van der Waals surface area contributed by atoms with Crippen LogP contribution in [0.1, 0.15) is 48.8 Å². The average Bonchev–Trinajstić information content (AvgIpc) is 3.47. The molecule has 0 saturated carbocycles. The predicted octanol–water partition coefficient (Wildman–Crippen LogP) is 6.60. The van der Waals surface area contributed by atoms with Gasteiger partial charge in [-0.25, -0.2) is 4.40 Å². The van der Waals surface area contributed by atoms with E-state index in [1.165, 1.54) is 16.0 Å². The Hall–Kier alpha value is -2.90. The molecule has 3 aromatic heterocycles. The molecule has 0 aliphatic heterocycles. The lowest BCUT2D eigenvalue weighted by Gasteiger charge is -2.33. The van der Waals surface area contributed by atoms with E-state index in [1.807, 2.05) is 28.8 Å². The molecule has 0 saturated heterocycles. The number of hydrogen-bond donors (Lipinski definition) is 0. The van der Waals surface area contributed by atoms with Gasteiger partial charge in [-0.15, -0.1) is 21.5 Å². The molecule has 184 valence electrons. The summed E-state index contributed by atoms with van der Waals surface area (Å²) >= 11 is 3.45. The second kappa shape index (κ2) is 9.20. The van der Waals surface area contributed by atoms with Gasteiger partial charge in [0.1, 0.15) is 4.83 Å². The highest BCUT2D eigenvalue weighted by molar-refractivity contribution is 7.98. The molecule has 1 aliphatic carbocycles. The third-order valence-corrected chi connectivity index (χ3v) is 9.63. The lowest BCUT2D eigenvalue weighted by molar-refractivity contribution is 0.218. The van der Waals surface area contributed by atoms with Crippen molar-refractivity contribution in [1.29, 1.82) is 0 Å². The van der Waals surface area contributed by atoms with Gasteiger partial charge < -0.3 is 0 Å². The van der Waals surface area contributed by atoms with E-state index < -0.39 is 0 Å². The highest BCUT2D eigenvalue weighted by atomic mass is 32.2. The first-order valence-corrected chi connectivity index (χ1v) is 14.3. The third kappa shape index (κ3) is 4.18. The van der Waals surface area contributed by atoms with Crippen LogP contribution in [0.5, 0.6) is 0 Å². The number of nitrogens with zero attached hydrogens (tertiary/aromatic N) is 4. The van der Waals surface area contributed by atoms with Gasteiger partial charge in [-0.05, 0) is 47.3 Å². The fourth-order valence-corrected chi connectivity index (χ4v) is 7.62. The summed E-state index contributed by atoms with van der Waals surface area (Å²) in [6.45, 7) is 7.48. The molecule has 0 fully saturated rings. The van der Waals surface area contributed by atoms with Gasteiger partial charge in [0.25, 0.3) is 5.56 Å². The van der Waals surface area contributed by atoms with Gasteiger partial charge in [0.15, 0.2) is 5.16 Å². The number of thioether (sulfide) groups is 1. The lowest BCUT2D eigenvalue weighted by atomic mass is 9.72. The smallest absolute Gasteiger partial charge is 0.264 e. The predicted molar refractivity (Wildman–Crippen MR) is 149 cm³/mol. The first-order chi connectivity index (χ1) is 17.4. The monoisotopic (exact) mass is 514 g/mol. The number of fused-ring (bicyclic) bond motifs is 5. The van der Waals surface area contributed by atoms with Crippen LogP contribution in [0.4, 0.5) is 0 Å². The maximum atomic E-state index is 14.0. The van der Waals surface area contributed by atoms with Crippen LogP contribution in [0.25, 0.3) is 16.0 Å². The van der Waals surface area contributed by atoms with E-state index in [9.17, 15) is 4.79 Å². The molecule has 0 spiro atoms. The lowest BCUT2D eigenvalue weighted by Crippen LogP contribution is -2.27. The fourth-order valence-electron chi connectivity index (χ4n) is 5.25. The SMILES string of the molecule is CC(C)(C)C1CCc2c(sc3c2c(=O)n(Cc2ccccc2)c2nnc(SCc4ccccc4)n32)C1. The zero-order valence-electron chi connectivity index (χ0n) is 20.9. The minimum atomic E-state index is 0.0556. The number of aryl methyl sites for hydroxylation is 1. The number of hydrogen-bond acceptors (Lipinski definition) is 5. The van der Waals surface area contributed by atoms with Gasteiger partial charge >= 0.3 is 0 Å². The van der Waals surface area contributed by atoms with E-state index in [1.54, 1.807) is 23.1 Å². The number of benzene rings is 2. The van der Waals surface area contributed by atoms with Crippen LogP contribution >= 0.6 is 23.1 Å². The Morgan fingerprint density at radius 1 is 1.00 bits per heavy atom. The van der Waals surface area contributed by atoms with Gasteiger partial charge in [0, 0.05) is 10.6 Å². The van der Waals surface area contributed by atoms with Crippen LogP contribution in [0.3, 0.4) is 0 Å². The second-order valence-corrected chi connectivity index (χ2v) is 12.8. The van der Waals surface area contributed by atoms with Crippen molar-refractivity contribution in [3.63, 3.8) is 0 Å². The molecular formula is C29H30N4OS2. The number of aromatic nitrogens is 4. The van der Waals surface area contributed by atoms with Crippen LogP contribution in [-0.2, 0) is 25.1 Å². The Bertz CT molecular complexity index is 1590. The third-order valence-electron chi connectivity index (χ3n) is 7.39. The molecule has 2 aromatic carbocycles. The highest BCUT2D eigenvalue weighted by Gasteiger charge is 2.33. The van der Waals surface area contributed by atoms with E-state index >= 15 is 0 Å². The van der Waals surface area contributed by atoms with Crippen molar-refractivity contribution in [3.05, 3.63) is 92.6 Å². The topological polar surface area (TPSA) is 52.2 Å². The molecule has 0 amide bonds. The zero-order valence-corrected chi connectivity index (χ0v) is 22.5. The molecule has 7 heteroatoms. The van der Waals surface area contributed by atoms with Crippen molar-refractivity contribution < 1.29 is 0 Å². The van der Waals surface area contributed by atoms with Crippen molar-refractivity contribution in [3.8, 4) is 0 Å². The molecule has 0 bridgehead atoms. The van der Waals surface area contributed by atoms with Crippen LogP contribution in [0.2, 0.25) is 0 Å². The average molecular weight is 515 g/mol. The van der Waals surface area contributed by atoms with Gasteiger partial charge in [0.05, 0.1) is 11.9 Å². The van der Waals surface area contributed by atoms with Crippen LogP contribution in [0, 0.1) is 11.3 Å². The van der Waals surface area contributed by atoms with E-state index in [4.69, 9.17) is 0 Å². The summed E-state index contributed by atoms with van der Waals surface area (Å²) in [6.07, 6.45) is 3.11. The van der Waals surface area contributed by atoms with E-state index in [2.05, 4.69) is 71.8 Å². The van der Waals surface area contributed by atoms with Crippen molar-refractivity contribution in [2.75, 3.05) is 0 Å². The molecule has 36 heavy (non-hydrogen) atoms. The Labute approximate surface area is 219 Å². The molecule has 3 heterocycles. The summed E-state index contributed by atoms with van der Waals surface area (Å²) in [6, 6.07) is 20.6. The molecular weight excluding hydrogens is 484 g/mol. The summed E-state index contributed by atoms with van der Waals surface area (Å²) in [5, 5.41) is 10.9. The molecule has 1 unspecified atom stereocenters.